The van der Waals surface area contributed by atoms with Gasteiger partial charge in [-0.25, -0.2) is 5.01 Å². The molecular formula is C25H31N3O2. The first kappa shape index (κ1) is 20.6. The minimum atomic E-state index is -0.0848. The van der Waals surface area contributed by atoms with Crippen LogP contribution in [0, 0.1) is 0 Å². The van der Waals surface area contributed by atoms with Crippen molar-refractivity contribution >= 4 is 11.6 Å². The van der Waals surface area contributed by atoms with Gasteiger partial charge >= 0.3 is 0 Å². The van der Waals surface area contributed by atoms with E-state index in [9.17, 15) is 4.79 Å². The summed E-state index contributed by atoms with van der Waals surface area (Å²) in [6.45, 7) is 0.406. The van der Waals surface area contributed by atoms with Gasteiger partial charge in [-0.3, -0.25) is 9.69 Å². The molecule has 30 heavy (non-hydrogen) atoms. The van der Waals surface area contributed by atoms with Crippen LogP contribution in [-0.2, 0) is 4.79 Å². The lowest BCUT2D eigenvalue weighted by atomic mass is 9.94. The molecule has 1 unspecified atom stereocenters. The van der Waals surface area contributed by atoms with Gasteiger partial charge in [0.05, 0.1) is 25.4 Å². The number of rotatable bonds is 6. The fourth-order valence-electron chi connectivity index (χ4n) is 4.57. The fraction of sp³-hybridized carbons (Fsp3) is 0.440. The Morgan fingerprint density at radius 1 is 1.07 bits per heavy atom. The molecule has 2 aromatic carbocycles. The van der Waals surface area contributed by atoms with E-state index in [1.165, 1.54) is 32.1 Å². The number of likely N-dealkylation sites (N-methyl/N-ethyl adjacent to an activating group) is 1. The molecule has 0 saturated heterocycles. The highest BCUT2D eigenvalue weighted by Gasteiger charge is 2.34. The van der Waals surface area contributed by atoms with E-state index in [4.69, 9.17) is 9.84 Å². The Kier molecular flexibility index (Phi) is 6.48. The molecular weight excluding hydrogens is 374 g/mol. The maximum atomic E-state index is 13.3. The number of methoxy groups -OCH3 is 1. The molecule has 0 aromatic heterocycles. The van der Waals surface area contributed by atoms with E-state index in [0.29, 0.717) is 12.6 Å². The first-order valence-electron chi connectivity index (χ1n) is 10.9. The van der Waals surface area contributed by atoms with Gasteiger partial charge in [0.15, 0.2) is 0 Å². The van der Waals surface area contributed by atoms with E-state index in [1.807, 2.05) is 42.5 Å². The van der Waals surface area contributed by atoms with Crippen molar-refractivity contribution in [3.8, 4) is 5.75 Å². The van der Waals surface area contributed by atoms with E-state index < -0.39 is 0 Å². The van der Waals surface area contributed by atoms with E-state index in [2.05, 4.69) is 24.1 Å². The molecule has 0 radical (unpaired) electrons. The zero-order valence-corrected chi connectivity index (χ0v) is 18.0. The molecule has 2 aromatic rings. The lowest BCUT2D eigenvalue weighted by molar-refractivity contribution is -0.134. The molecule has 5 heteroatoms. The molecule has 5 nitrogen and oxygen atoms in total. The number of ether oxygens (including phenoxy) is 1. The summed E-state index contributed by atoms with van der Waals surface area (Å²) in [5, 5.41) is 6.51. The van der Waals surface area contributed by atoms with Gasteiger partial charge in [0.2, 0.25) is 0 Å². The molecule has 2 aliphatic rings. The Morgan fingerprint density at radius 3 is 2.43 bits per heavy atom. The molecule has 1 saturated carbocycles. The minimum Gasteiger partial charge on any atom is -0.497 e. The summed E-state index contributed by atoms with van der Waals surface area (Å²) in [5.41, 5.74) is 3.12. The maximum Gasteiger partial charge on any atom is 0.257 e. The molecule has 1 aliphatic carbocycles. The van der Waals surface area contributed by atoms with Gasteiger partial charge in [0.25, 0.3) is 5.91 Å². The van der Waals surface area contributed by atoms with Crippen LogP contribution in [0.25, 0.3) is 0 Å². The maximum absolute atomic E-state index is 13.3. The Hall–Kier alpha value is -2.66. The van der Waals surface area contributed by atoms with Crippen LogP contribution in [0.3, 0.4) is 0 Å². The number of nitrogens with zero attached hydrogens (tertiary/aromatic N) is 3. The third kappa shape index (κ3) is 4.57. The highest BCUT2D eigenvalue weighted by atomic mass is 16.5. The van der Waals surface area contributed by atoms with Crippen molar-refractivity contribution in [2.75, 3.05) is 20.7 Å². The van der Waals surface area contributed by atoms with Crippen LogP contribution in [0.5, 0.6) is 5.75 Å². The van der Waals surface area contributed by atoms with Crippen LogP contribution >= 0.6 is 0 Å². The molecule has 1 atom stereocenters. The summed E-state index contributed by atoms with van der Waals surface area (Å²) in [6.07, 6.45) is 6.92. The van der Waals surface area contributed by atoms with E-state index in [1.54, 1.807) is 12.1 Å². The number of hydrogen-bond donors (Lipinski definition) is 0. The van der Waals surface area contributed by atoms with Gasteiger partial charge < -0.3 is 4.74 Å². The summed E-state index contributed by atoms with van der Waals surface area (Å²) < 4.78 is 5.30. The minimum absolute atomic E-state index is 0.0647. The molecule has 1 heterocycles. The number of carbonyl (C=O) groups is 1. The summed E-state index contributed by atoms with van der Waals surface area (Å²) in [5.74, 6) is 0.880. The normalized spacial score (nSPS) is 19.8. The number of hydrogen-bond acceptors (Lipinski definition) is 4. The van der Waals surface area contributed by atoms with Gasteiger partial charge in [-0.15, -0.1) is 0 Å². The van der Waals surface area contributed by atoms with Crippen LogP contribution in [0.4, 0.5) is 0 Å². The molecule has 1 amide bonds. The van der Waals surface area contributed by atoms with E-state index in [0.717, 1.165) is 29.0 Å². The zero-order chi connectivity index (χ0) is 20.9. The Balaban J connectivity index is 1.56. The van der Waals surface area contributed by atoms with Crippen LogP contribution in [0.1, 0.15) is 55.7 Å². The smallest absolute Gasteiger partial charge is 0.257 e. The lowest BCUT2D eigenvalue weighted by Crippen LogP contribution is -2.41. The number of hydrazone groups is 1. The highest BCUT2D eigenvalue weighted by molar-refractivity contribution is 6.03. The average molecular weight is 406 g/mol. The fourth-order valence-corrected chi connectivity index (χ4v) is 4.57. The highest BCUT2D eigenvalue weighted by Crippen LogP contribution is 2.34. The second-order valence-electron chi connectivity index (χ2n) is 8.35. The van der Waals surface area contributed by atoms with Gasteiger partial charge in [-0.2, -0.15) is 5.10 Å². The van der Waals surface area contributed by atoms with Gasteiger partial charge in [-0.05, 0) is 43.1 Å². The summed E-state index contributed by atoms with van der Waals surface area (Å²) >= 11 is 0. The van der Waals surface area contributed by atoms with Crippen molar-refractivity contribution in [2.45, 2.75) is 50.6 Å². The molecule has 1 aliphatic heterocycles. The number of amides is 1. The standard InChI is InChI=1S/C25H31N3O2/c1-27(21-11-7-4-8-12-21)18-25(29)28-24(20-13-15-22(30-2)16-14-20)17-23(26-28)19-9-5-3-6-10-19/h3,5-6,9-10,13-16,21,24H,4,7-8,11-12,17-18H2,1-2H3. The summed E-state index contributed by atoms with van der Waals surface area (Å²) in [4.78, 5) is 15.6. The van der Waals surface area contributed by atoms with Gasteiger partial charge in [0.1, 0.15) is 5.75 Å². The van der Waals surface area contributed by atoms with Crippen molar-refractivity contribution in [1.82, 2.24) is 9.91 Å². The van der Waals surface area contributed by atoms with E-state index >= 15 is 0 Å². The predicted octanol–water partition coefficient (Wildman–Crippen LogP) is 4.64. The van der Waals surface area contributed by atoms with Gasteiger partial charge in [-0.1, -0.05) is 61.7 Å². The van der Waals surface area contributed by atoms with Crippen molar-refractivity contribution in [1.29, 1.82) is 0 Å². The number of carbonyl (C=O) groups excluding carboxylic acids is 1. The van der Waals surface area contributed by atoms with Crippen LogP contribution in [0.2, 0.25) is 0 Å². The molecule has 0 spiro atoms. The van der Waals surface area contributed by atoms with Crippen molar-refractivity contribution < 1.29 is 9.53 Å². The monoisotopic (exact) mass is 405 g/mol. The van der Waals surface area contributed by atoms with Crippen LogP contribution in [-0.4, -0.2) is 48.3 Å². The zero-order valence-electron chi connectivity index (χ0n) is 18.0. The first-order valence-corrected chi connectivity index (χ1v) is 10.9. The van der Waals surface area contributed by atoms with Crippen molar-refractivity contribution in [2.24, 2.45) is 5.10 Å². The van der Waals surface area contributed by atoms with E-state index in [-0.39, 0.29) is 11.9 Å². The van der Waals surface area contributed by atoms with Crippen molar-refractivity contribution in [3.05, 3.63) is 65.7 Å². The molecule has 4 rings (SSSR count). The second kappa shape index (κ2) is 9.43. The van der Waals surface area contributed by atoms with Crippen molar-refractivity contribution in [3.63, 3.8) is 0 Å². The Morgan fingerprint density at radius 2 is 1.77 bits per heavy atom. The second-order valence-corrected chi connectivity index (χ2v) is 8.35. The Bertz CT molecular complexity index is 873. The SMILES string of the molecule is COc1ccc(C2CC(c3ccccc3)=NN2C(=O)CN(C)C2CCCCC2)cc1. The number of benzene rings is 2. The van der Waals surface area contributed by atoms with Crippen LogP contribution in [0.15, 0.2) is 59.7 Å². The largest absolute Gasteiger partial charge is 0.497 e. The van der Waals surface area contributed by atoms with Gasteiger partial charge in [0, 0.05) is 12.5 Å². The predicted molar refractivity (Wildman–Crippen MR) is 120 cm³/mol. The molecule has 1 fully saturated rings. The quantitative estimate of drug-likeness (QED) is 0.703. The Labute approximate surface area is 179 Å². The topological polar surface area (TPSA) is 45.1 Å². The molecule has 0 N–H and O–H groups in total. The summed E-state index contributed by atoms with van der Waals surface area (Å²) in [6, 6.07) is 18.6. The first-order chi connectivity index (χ1) is 14.7. The molecule has 158 valence electrons. The molecule has 0 bridgehead atoms. The van der Waals surface area contributed by atoms with Crippen LogP contribution < -0.4 is 4.74 Å². The average Bonchev–Trinajstić information content (AvgIpc) is 3.26. The third-order valence-corrected chi connectivity index (χ3v) is 6.36. The third-order valence-electron chi connectivity index (χ3n) is 6.36. The lowest BCUT2D eigenvalue weighted by Gasteiger charge is -2.32. The summed E-state index contributed by atoms with van der Waals surface area (Å²) in [7, 11) is 3.74.